The lowest BCUT2D eigenvalue weighted by molar-refractivity contribution is 0.00920. The number of imide groups is 1. The van der Waals surface area contributed by atoms with Gasteiger partial charge in [-0.3, -0.25) is 4.79 Å². The van der Waals surface area contributed by atoms with Crippen LogP contribution in [0, 0.1) is 0 Å². The topological polar surface area (TPSA) is 66.8 Å². The van der Waals surface area contributed by atoms with Crippen LogP contribution in [0.3, 0.4) is 0 Å². The minimum atomic E-state index is -0.881. The van der Waals surface area contributed by atoms with Crippen molar-refractivity contribution in [2.24, 2.45) is 0 Å². The van der Waals surface area contributed by atoms with E-state index in [0.29, 0.717) is 21.2 Å². The van der Waals surface area contributed by atoms with Crippen molar-refractivity contribution in [2.45, 2.75) is 52.4 Å². The van der Waals surface area contributed by atoms with E-state index in [2.05, 4.69) is 15.9 Å². The first-order valence-corrected chi connectivity index (χ1v) is 7.79. The number of carbonyl (C=O) groups is 2. The molecule has 0 fully saturated rings. The minimum absolute atomic E-state index is 0.208. The van der Waals surface area contributed by atoms with Gasteiger partial charge in [0.25, 0.3) is 5.91 Å². The van der Waals surface area contributed by atoms with Gasteiger partial charge >= 0.3 is 6.09 Å². The lowest BCUT2D eigenvalue weighted by Gasteiger charge is -2.33. The van der Waals surface area contributed by atoms with Crippen molar-refractivity contribution < 1.29 is 19.4 Å². The van der Waals surface area contributed by atoms with Crippen LogP contribution in [-0.2, 0) is 16.9 Å². The molecule has 0 saturated carbocycles. The van der Waals surface area contributed by atoms with Crippen LogP contribution in [0.4, 0.5) is 4.79 Å². The third-order valence-corrected chi connectivity index (χ3v) is 3.99. The van der Waals surface area contributed by atoms with Crippen LogP contribution in [0.15, 0.2) is 16.6 Å². The molecule has 0 unspecified atom stereocenters. The molecule has 1 heterocycles. The molecule has 0 saturated heterocycles. The highest BCUT2D eigenvalue weighted by Gasteiger charge is 2.49. The number of fused-ring (bicyclic) bond motifs is 1. The summed E-state index contributed by atoms with van der Waals surface area (Å²) >= 11 is 3.33. The Kier molecular flexibility index (Phi) is 4.13. The number of benzene rings is 1. The van der Waals surface area contributed by atoms with Crippen LogP contribution in [-0.4, -0.2) is 27.6 Å². The van der Waals surface area contributed by atoms with E-state index in [1.54, 1.807) is 46.8 Å². The first-order valence-electron chi connectivity index (χ1n) is 7.00. The summed E-state index contributed by atoms with van der Waals surface area (Å²) in [5.41, 5.74) is 0.118. The molecule has 0 atom stereocenters. The van der Waals surface area contributed by atoms with Gasteiger partial charge in [0, 0.05) is 10.0 Å². The molecule has 1 N–H and O–H groups in total. The maximum atomic E-state index is 12.7. The van der Waals surface area contributed by atoms with Gasteiger partial charge in [0.2, 0.25) is 0 Å². The summed E-state index contributed by atoms with van der Waals surface area (Å²) in [5.74, 6) is -0.412. The fraction of sp³-hybridized carbons (Fsp3) is 0.500. The number of ether oxygens (including phenoxy) is 1. The van der Waals surface area contributed by atoms with E-state index in [0.717, 1.165) is 4.90 Å². The average molecular weight is 370 g/mol. The Hall–Kier alpha value is -1.40. The van der Waals surface area contributed by atoms with Crippen molar-refractivity contribution in [1.82, 2.24) is 4.90 Å². The highest BCUT2D eigenvalue weighted by molar-refractivity contribution is 9.10. The van der Waals surface area contributed by atoms with Crippen molar-refractivity contribution in [1.29, 1.82) is 0 Å². The number of aliphatic hydroxyl groups excluding tert-OH is 1. The molecule has 1 aliphatic heterocycles. The van der Waals surface area contributed by atoms with Crippen molar-refractivity contribution in [3.8, 4) is 0 Å². The fourth-order valence-electron chi connectivity index (χ4n) is 2.78. The largest absolute Gasteiger partial charge is 0.443 e. The first-order chi connectivity index (χ1) is 9.99. The number of carbonyl (C=O) groups excluding carboxylic acids is 2. The van der Waals surface area contributed by atoms with Crippen LogP contribution in [0.1, 0.15) is 56.1 Å². The van der Waals surface area contributed by atoms with Gasteiger partial charge < -0.3 is 9.84 Å². The Balaban J connectivity index is 2.54. The maximum Gasteiger partial charge on any atom is 0.418 e. The van der Waals surface area contributed by atoms with Crippen molar-refractivity contribution >= 4 is 27.9 Å². The number of rotatable bonds is 1. The van der Waals surface area contributed by atoms with E-state index in [1.807, 2.05) is 0 Å². The van der Waals surface area contributed by atoms with Gasteiger partial charge in [-0.05, 0) is 57.9 Å². The van der Waals surface area contributed by atoms with Crippen LogP contribution < -0.4 is 0 Å². The zero-order chi connectivity index (χ0) is 16.9. The molecule has 0 aromatic heterocycles. The molecule has 1 aromatic carbocycles. The second-order valence-corrected chi connectivity index (χ2v) is 7.74. The molecule has 1 aliphatic rings. The highest BCUT2D eigenvalue weighted by atomic mass is 79.9. The SMILES string of the molecule is CC(C)(C)OC(=O)N1C(=O)c2cc(Br)cc(CO)c2C1(C)C. The van der Waals surface area contributed by atoms with Crippen LogP contribution in [0.25, 0.3) is 0 Å². The molecule has 0 radical (unpaired) electrons. The Morgan fingerprint density at radius 3 is 2.45 bits per heavy atom. The van der Waals surface area contributed by atoms with Crippen LogP contribution in [0.2, 0.25) is 0 Å². The van der Waals surface area contributed by atoms with Crippen molar-refractivity contribution in [3.63, 3.8) is 0 Å². The lowest BCUT2D eigenvalue weighted by Crippen LogP contribution is -2.46. The summed E-state index contributed by atoms with van der Waals surface area (Å²) < 4.78 is 6.04. The van der Waals surface area contributed by atoms with Gasteiger partial charge in [0.1, 0.15) is 5.60 Å². The summed E-state index contributed by atoms with van der Waals surface area (Å²) in [6, 6.07) is 3.43. The molecule has 0 aliphatic carbocycles. The van der Waals surface area contributed by atoms with E-state index < -0.39 is 23.1 Å². The number of hydrogen-bond donors (Lipinski definition) is 1. The molecule has 0 bridgehead atoms. The van der Waals surface area contributed by atoms with Gasteiger partial charge in [0.15, 0.2) is 0 Å². The Labute approximate surface area is 138 Å². The summed E-state index contributed by atoms with van der Waals surface area (Å²) in [6.07, 6.45) is -0.682. The van der Waals surface area contributed by atoms with Crippen LogP contribution >= 0.6 is 15.9 Å². The van der Waals surface area contributed by atoms with E-state index in [4.69, 9.17) is 4.74 Å². The number of hydrogen-bond acceptors (Lipinski definition) is 4. The summed E-state index contributed by atoms with van der Waals surface area (Å²) in [5, 5.41) is 9.59. The quantitative estimate of drug-likeness (QED) is 0.821. The van der Waals surface area contributed by atoms with Crippen molar-refractivity contribution in [2.75, 3.05) is 0 Å². The number of aliphatic hydroxyl groups is 1. The third-order valence-electron chi connectivity index (χ3n) is 3.54. The third kappa shape index (κ3) is 2.77. The second kappa shape index (κ2) is 5.35. The predicted molar refractivity (Wildman–Crippen MR) is 85.5 cm³/mol. The zero-order valence-electron chi connectivity index (χ0n) is 13.4. The predicted octanol–water partition coefficient (Wildman–Crippen LogP) is 3.57. The van der Waals surface area contributed by atoms with E-state index >= 15 is 0 Å². The zero-order valence-corrected chi connectivity index (χ0v) is 14.9. The Morgan fingerprint density at radius 1 is 1.36 bits per heavy atom. The maximum absolute atomic E-state index is 12.7. The molecule has 2 rings (SSSR count). The fourth-order valence-corrected chi connectivity index (χ4v) is 3.29. The number of nitrogens with zero attached hydrogens (tertiary/aromatic N) is 1. The molecule has 22 heavy (non-hydrogen) atoms. The molecule has 2 amide bonds. The molecule has 1 aromatic rings. The summed E-state index contributed by atoms with van der Waals surface area (Å²) in [4.78, 5) is 26.3. The van der Waals surface area contributed by atoms with E-state index in [9.17, 15) is 14.7 Å². The number of halogens is 1. The molecule has 6 heteroatoms. The molecule has 120 valence electrons. The molecule has 0 spiro atoms. The Morgan fingerprint density at radius 2 is 1.95 bits per heavy atom. The second-order valence-electron chi connectivity index (χ2n) is 6.83. The van der Waals surface area contributed by atoms with E-state index in [1.165, 1.54) is 0 Å². The van der Waals surface area contributed by atoms with Gasteiger partial charge in [0.05, 0.1) is 12.1 Å². The van der Waals surface area contributed by atoms with Gasteiger partial charge in [-0.2, -0.15) is 0 Å². The average Bonchev–Trinajstić information content (AvgIpc) is 2.53. The van der Waals surface area contributed by atoms with Crippen molar-refractivity contribution in [3.05, 3.63) is 33.3 Å². The summed E-state index contributed by atoms with van der Waals surface area (Å²) in [7, 11) is 0. The monoisotopic (exact) mass is 369 g/mol. The minimum Gasteiger partial charge on any atom is -0.443 e. The Bertz CT molecular complexity index is 646. The van der Waals surface area contributed by atoms with Gasteiger partial charge in [-0.25, -0.2) is 9.69 Å². The smallest absolute Gasteiger partial charge is 0.418 e. The van der Waals surface area contributed by atoms with Gasteiger partial charge in [-0.1, -0.05) is 15.9 Å². The number of amides is 2. The van der Waals surface area contributed by atoms with Crippen LogP contribution in [0.5, 0.6) is 0 Å². The lowest BCUT2D eigenvalue weighted by atomic mass is 9.89. The first kappa shape index (κ1) is 17.0. The van der Waals surface area contributed by atoms with Gasteiger partial charge in [-0.15, -0.1) is 0 Å². The molecule has 5 nitrogen and oxygen atoms in total. The standard InChI is InChI=1S/C16H20BrNO4/c1-15(2,3)22-14(21)18-13(20)11-7-10(17)6-9(8-19)12(11)16(18,4)5/h6-7,19H,8H2,1-5H3. The van der Waals surface area contributed by atoms with E-state index in [-0.39, 0.29) is 6.61 Å². The highest BCUT2D eigenvalue weighted by Crippen LogP contribution is 2.42. The molecular formula is C16H20BrNO4. The normalized spacial score (nSPS) is 16.7. The molecular weight excluding hydrogens is 350 g/mol. The summed E-state index contributed by atoms with van der Waals surface area (Å²) in [6.45, 7) is 8.59.